The van der Waals surface area contributed by atoms with Crippen LogP contribution in [0.25, 0.3) is 11.1 Å². The van der Waals surface area contributed by atoms with Crippen LogP contribution in [-0.4, -0.2) is 41.0 Å². The zero-order chi connectivity index (χ0) is 22.3. The molecule has 0 radical (unpaired) electrons. The summed E-state index contributed by atoms with van der Waals surface area (Å²) in [6, 6.07) is 12.1. The Morgan fingerprint density at radius 3 is 2.53 bits per heavy atom. The Morgan fingerprint density at radius 1 is 1.09 bits per heavy atom. The fourth-order valence-corrected chi connectivity index (χ4v) is 3.99. The van der Waals surface area contributed by atoms with Crippen LogP contribution >= 0.6 is 0 Å². The summed E-state index contributed by atoms with van der Waals surface area (Å²) < 4.78 is 1.90. The Labute approximate surface area is 186 Å². The lowest BCUT2D eigenvalue weighted by atomic mass is 9.83. The second kappa shape index (κ2) is 10.00. The molecular weight excluding hydrogens is 404 g/mol. The average molecular weight is 431 g/mol. The van der Waals surface area contributed by atoms with Gasteiger partial charge in [-0.15, -0.1) is 0 Å². The molecule has 0 fully saturated rings. The molecule has 1 aromatic carbocycles. The zero-order valence-corrected chi connectivity index (χ0v) is 17.9. The number of nitrogens with zero attached hydrogens (tertiary/aromatic N) is 5. The third-order valence-electron chi connectivity index (χ3n) is 5.66. The van der Waals surface area contributed by atoms with Crippen molar-refractivity contribution in [2.24, 2.45) is 5.92 Å². The third-order valence-corrected chi connectivity index (χ3v) is 5.66. The van der Waals surface area contributed by atoms with Gasteiger partial charge in [-0.3, -0.25) is 19.6 Å². The van der Waals surface area contributed by atoms with Crippen LogP contribution in [0.3, 0.4) is 0 Å². The molecule has 0 aliphatic heterocycles. The van der Waals surface area contributed by atoms with Crippen LogP contribution in [0.15, 0.2) is 67.5 Å². The van der Waals surface area contributed by atoms with Crippen molar-refractivity contribution in [2.45, 2.75) is 38.6 Å². The highest BCUT2D eigenvalue weighted by molar-refractivity contribution is 5.71. The van der Waals surface area contributed by atoms with Crippen LogP contribution in [-0.2, 0) is 17.8 Å². The molecule has 2 atom stereocenters. The van der Waals surface area contributed by atoms with E-state index < -0.39 is 11.9 Å². The number of rotatable bonds is 10. The number of benzene rings is 1. The van der Waals surface area contributed by atoms with Crippen LogP contribution in [0.1, 0.15) is 42.6 Å². The molecule has 4 aromatic rings. The minimum Gasteiger partial charge on any atom is -0.481 e. The van der Waals surface area contributed by atoms with Gasteiger partial charge in [0.1, 0.15) is 12.2 Å². The predicted octanol–water partition coefficient (Wildman–Crippen LogP) is 3.94. The summed E-state index contributed by atoms with van der Waals surface area (Å²) >= 11 is 0. The molecule has 0 unspecified atom stereocenters. The van der Waals surface area contributed by atoms with Gasteiger partial charge in [0, 0.05) is 30.1 Å². The number of H-pyrrole nitrogens is 1. The van der Waals surface area contributed by atoms with Crippen LogP contribution in [0, 0.1) is 5.92 Å². The van der Waals surface area contributed by atoms with Crippen LogP contribution < -0.4 is 0 Å². The summed E-state index contributed by atoms with van der Waals surface area (Å²) in [5.41, 5.74) is 4.30. The molecule has 0 amide bonds. The minimum atomic E-state index is -0.800. The second-order valence-corrected chi connectivity index (χ2v) is 7.89. The van der Waals surface area contributed by atoms with E-state index in [1.54, 1.807) is 12.4 Å². The van der Waals surface area contributed by atoms with Gasteiger partial charge < -0.3 is 5.11 Å². The monoisotopic (exact) mass is 430 g/mol. The number of aliphatic carboxylic acids is 1. The molecule has 3 heterocycles. The molecule has 3 aromatic heterocycles. The van der Waals surface area contributed by atoms with E-state index >= 15 is 0 Å². The van der Waals surface area contributed by atoms with E-state index in [1.165, 1.54) is 6.33 Å². The first-order valence-corrected chi connectivity index (χ1v) is 10.7. The van der Waals surface area contributed by atoms with E-state index in [2.05, 4.69) is 37.4 Å². The molecule has 0 saturated heterocycles. The van der Waals surface area contributed by atoms with Crippen LogP contribution in [0.5, 0.6) is 0 Å². The smallest absolute Gasteiger partial charge is 0.307 e. The lowest BCUT2D eigenvalue weighted by Crippen LogP contribution is -2.24. The van der Waals surface area contributed by atoms with Crippen LogP contribution in [0.4, 0.5) is 0 Å². The highest BCUT2D eigenvalue weighted by atomic mass is 16.4. The maximum Gasteiger partial charge on any atom is 0.307 e. The van der Waals surface area contributed by atoms with Crippen molar-refractivity contribution in [1.29, 1.82) is 0 Å². The summed E-state index contributed by atoms with van der Waals surface area (Å²) in [7, 11) is 0. The van der Waals surface area contributed by atoms with E-state index in [9.17, 15) is 9.90 Å². The van der Waals surface area contributed by atoms with Crippen molar-refractivity contribution in [2.75, 3.05) is 0 Å². The Bertz CT molecular complexity index is 1120. The van der Waals surface area contributed by atoms with Crippen molar-refractivity contribution in [3.63, 3.8) is 0 Å². The number of nitrogens with one attached hydrogen (secondary N) is 1. The van der Waals surface area contributed by atoms with Gasteiger partial charge >= 0.3 is 5.97 Å². The number of aromatic nitrogens is 6. The van der Waals surface area contributed by atoms with E-state index in [0.717, 1.165) is 28.7 Å². The molecule has 164 valence electrons. The summed E-state index contributed by atoms with van der Waals surface area (Å²) in [6.07, 6.45) is 10.8. The lowest BCUT2D eigenvalue weighted by molar-refractivity contribution is -0.142. The van der Waals surface area contributed by atoms with Gasteiger partial charge in [0.15, 0.2) is 0 Å². The average Bonchev–Trinajstić information content (AvgIpc) is 3.50. The molecule has 4 rings (SSSR count). The van der Waals surface area contributed by atoms with Gasteiger partial charge in [0.2, 0.25) is 0 Å². The molecule has 0 bridgehead atoms. The van der Waals surface area contributed by atoms with Gasteiger partial charge in [-0.1, -0.05) is 37.6 Å². The topological polar surface area (TPSA) is 110 Å². The summed E-state index contributed by atoms with van der Waals surface area (Å²) in [5, 5.41) is 21.0. The molecule has 2 N–H and O–H groups in total. The first-order chi connectivity index (χ1) is 15.6. The Balaban J connectivity index is 1.49. The van der Waals surface area contributed by atoms with E-state index in [1.807, 2.05) is 48.3 Å². The molecule has 0 spiro atoms. The van der Waals surface area contributed by atoms with E-state index in [-0.39, 0.29) is 5.92 Å². The largest absolute Gasteiger partial charge is 0.481 e. The first kappa shape index (κ1) is 21.4. The predicted molar refractivity (Wildman–Crippen MR) is 120 cm³/mol. The summed E-state index contributed by atoms with van der Waals surface area (Å²) in [4.78, 5) is 20.2. The van der Waals surface area contributed by atoms with Gasteiger partial charge in [-0.25, -0.2) is 4.98 Å². The zero-order valence-electron chi connectivity index (χ0n) is 17.9. The molecule has 0 aliphatic carbocycles. The van der Waals surface area contributed by atoms with Crippen LogP contribution in [0.2, 0.25) is 0 Å². The Hall–Kier alpha value is -3.81. The maximum atomic E-state index is 11.9. The molecule has 32 heavy (non-hydrogen) atoms. The van der Waals surface area contributed by atoms with Gasteiger partial charge in [-0.2, -0.15) is 10.2 Å². The van der Waals surface area contributed by atoms with Gasteiger partial charge in [0.25, 0.3) is 0 Å². The SMILES string of the molecule is CCC[C@H](C(=O)O)[C@H](Cc1ccc(-c2cnn(Cc3ccncc3)c2)cc1)c1ncn[nH]1. The quantitative estimate of drug-likeness (QED) is 0.394. The third kappa shape index (κ3) is 5.08. The standard InChI is InChI=1S/C24H26N6O2/c1-2-3-21(24(31)32)22(23-26-16-27-29-23)12-17-4-6-19(7-5-17)20-13-28-30(15-20)14-18-8-10-25-11-9-18/h4-11,13,15-16,21-22H,2-3,12,14H2,1H3,(H,31,32)(H,26,27,29)/t21-,22-/m0/s1. The van der Waals surface area contributed by atoms with Crippen molar-refractivity contribution in [3.8, 4) is 11.1 Å². The number of hydrogen-bond donors (Lipinski definition) is 2. The fourth-order valence-electron chi connectivity index (χ4n) is 3.99. The number of carbonyl (C=O) groups is 1. The molecule has 8 nitrogen and oxygen atoms in total. The summed E-state index contributed by atoms with van der Waals surface area (Å²) in [6.45, 7) is 2.69. The Kier molecular flexibility index (Phi) is 6.69. The Morgan fingerprint density at radius 2 is 1.88 bits per heavy atom. The molecule has 8 heteroatoms. The van der Waals surface area contributed by atoms with Gasteiger partial charge in [0.05, 0.1) is 18.7 Å². The molecule has 0 saturated carbocycles. The number of carboxylic acid groups (broad SMARTS) is 1. The van der Waals surface area contributed by atoms with Crippen molar-refractivity contribution in [3.05, 3.63) is 84.5 Å². The first-order valence-electron chi connectivity index (χ1n) is 10.7. The maximum absolute atomic E-state index is 11.9. The number of pyridine rings is 1. The van der Waals surface area contributed by atoms with Crippen molar-refractivity contribution >= 4 is 5.97 Å². The number of hydrogen-bond acceptors (Lipinski definition) is 5. The fraction of sp³-hybridized carbons (Fsp3) is 0.292. The van der Waals surface area contributed by atoms with Crippen molar-refractivity contribution < 1.29 is 9.90 Å². The minimum absolute atomic E-state index is 0.260. The lowest BCUT2D eigenvalue weighted by Gasteiger charge is -2.22. The number of carboxylic acids is 1. The highest BCUT2D eigenvalue weighted by Gasteiger charge is 2.31. The molecule has 0 aliphatic rings. The van der Waals surface area contributed by atoms with E-state index in [0.29, 0.717) is 25.2 Å². The van der Waals surface area contributed by atoms with Crippen molar-refractivity contribution in [1.82, 2.24) is 29.9 Å². The second-order valence-electron chi connectivity index (χ2n) is 7.89. The highest BCUT2D eigenvalue weighted by Crippen LogP contribution is 2.30. The molecular formula is C24H26N6O2. The van der Waals surface area contributed by atoms with E-state index in [4.69, 9.17) is 0 Å². The van der Waals surface area contributed by atoms with Gasteiger partial charge in [-0.05, 0) is 41.7 Å². The normalized spacial score (nSPS) is 13.0. The number of aromatic amines is 1. The summed E-state index contributed by atoms with van der Waals surface area (Å²) in [5.74, 6) is -0.957.